The standard InChI is InChI=1S/C17H14N2O/c1-2-19-8-7-13-14-9-11-5-3-4-6-12(11)16(14)18-17(20)15(13)10-19/h3-8,10H,2,9H2,1H3/p+1. The van der Waals surface area contributed by atoms with Crippen LogP contribution in [0.2, 0.25) is 0 Å². The van der Waals surface area contributed by atoms with Crippen molar-refractivity contribution in [3.05, 3.63) is 64.2 Å². The van der Waals surface area contributed by atoms with E-state index < -0.39 is 0 Å². The van der Waals surface area contributed by atoms with Crippen molar-refractivity contribution in [3.8, 4) is 11.3 Å². The van der Waals surface area contributed by atoms with E-state index in [4.69, 9.17) is 0 Å². The Kier molecular flexibility index (Phi) is 2.30. The number of pyridine rings is 2. The molecule has 98 valence electrons. The van der Waals surface area contributed by atoms with Gasteiger partial charge in [-0.2, -0.15) is 0 Å². The number of aromatic amines is 1. The van der Waals surface area contributed by atoms with E-state index >= 15 is 0 Å². The van der Waals surface area contributed by atoms with Crippen LogP contribution in [0.5, 0.6) is 0 Å². The van der Waals surface area contributed by atoms with Gasteiger partial charge in [0.1, 0.15) is 11.9 Å². The lowest BCUT2D eigenvalue weighted by molar-refractivity contribution is -0.692. The van der Waals surface area contributed by atoms with Crippen molar-refractivity contribution < 1.29 is 4.57 Å². The van der Waals surface area contributed by atoms with Gasteiger partial charge < -0.3 is 4.98 Å². The molecular formula is C17H15N2O+. The summed E-state index contributed by atoms with van der Waals surface area (Å²) < 4.78 is 2.03. The summed E-state index contributed by atoms with van der Waals surface area (Å²) in [5.41, 5.74) is 4.68. The van der Waals surface area contributed by atoms with Crippen LogP contribution in [0.1, 0.15) is 18.1 Å². The van der Waals surface area contributed by atoms with Gasteiger partial charge in [0.25, 0.3) is 5.56 Å². The fraction of sp³-hybridized carbons (Fsp3) is 0.176. The first-order valence-electron chi connectivity index (χ1n) is 6.94. The lowest BCUT2D eigenvalue weighted by Gasteiger charge is -2.04. The Labute approximate surface area is 116 Å². The third kappa shape index (κ3) is 1.46. The number of nitrogens with zero attached hydrogens (tertiary/aromatic N) is 1. The average Bonchev–Trinajstić information content (AvgIpc) is 2.86. The molecule has 2 heterocycles. The Hall–Kier alpha value is -2.42. The van der Waals surface area contributed by atoms with Crippen LogP contribution in [0.3, 0.4) is 0 Å². The number of aromatic nitrogens is 2. The maximum atomic E-state index is 12.3. The summed E-state index contributed by atoms with van der Waals surface area (Å²) in [5, 5.41) is 1.85. The third-order valence-electron chi connectivity index (χ3n) is 4.15. The molecule has 1 N–H and O–H groups in total. The molecule has 0 atom stereocenters. The van der Waals surface area contributed by atoms with E-state index in [0.29, 0.717) is 0 Å². The maximum Gasteiger partial charge on any atom is 0.262 e. The highest BCUT2D eigenvalue weighted by molar-refractivity contribution is 5.91. The number of benzene rings is 1. The second-order valence-electron chi connectivity index (χ2n) is 5.24. The Balaban J connectivity index is 2.09. The summed E-state index contributed by atoms with van der Waals surface area (Å²) in [5.74, 6) is 0. The molecular weight excluding hydrogens is 248 g/mol. The van der Waals surface area contributed by atoms with Gasteiger partial charge in [0.2, 0.25) is 0 Å². The Morgan fingerprint density at radius 1 is 1.20 bits per heavy atom. The van der Waals surface area contributed by atoms with Crippen molar-refractivity contribution in [2.45, 2.75) is 19.9 Å². The first-order valence-corrected chi connectivity index (χ1v) is 6.94. The molecule has 1 aliphatic carbocycles. The molecule has 0 saturated heterocycles. The third-order valence-corrected chi connectivity index (χ3v) is 4.15. The fourth-order valence-corrected chi connectivity index (χ4v) is 3.09. The number of hydrogen-bond donors (Lipinski definition) is 1. The number of rotatable bonds is 1. The van der Waals surface area contributed by atoms with Crippen LogP contribution in [-0.2, 0) is 13.0 Å². The molecule has 0 amide bonds. The first kappa shape index (κ1) is 11.4. The zero-order chi connectivity index (χ0) is 13.7. The Bertz CT molecular complexity index is 893. The van der Waals surface area contributed by atoms with Crippen LogP contribution in [0.25, 0.3) is 22.0 Å². The average molecular weight is 263 g/mol. The van der Waals surface area contributed by atoms with Crippen molar-refractivity contribution >= 4 is 10.8 Å². The van der Waals surface area contributed by atoms with Crippen LogP contribution >= 0.6 is 0 Å². The summed E-state index contributed by atoms with van der Waals surface area (Å²) in [6, 6.07) is 10.4. The van der Waals surface area contributed by atoms with E-state index in [0.717, 1.165) is 35.0 Å². The number of fused-ring (bicyclic) bond motifs is 5. The largest absolute Gasteiger partial charge is 0.321 e. The summed E-state index contributed by atoms with van der Waals surface area (Å²) in [6.07, 6.45) is 4.89. The molecule has 3 heteroatoms. The van der Waals surface area contributed by atoms with Crippen LogP contribution < -0.4 is 10.1 Å². The molecule has 1 aromatic carbocycles. The molecule has 0 bridgehead atoms. The molecule has 2 aromatic heterocycles. The van der Waals surface area contributed by atoms with E-state index in [2.05, 4.69) is 36.2 Å². The smallest absolute Gasteiger partial charge is 0.262 e. The van der Waals surface area contributed by atoms with Gasteiger partial charge in [-0.1, -0.05) is 24.3 Å². The predicted octanol–water partition coefficient (Wildman–Crippen LogP) is 2.41. The van der Waals surface area contributed by atoms with Gasteiger partial charge in [0.15, 0.2) is 12.4 Å². The van der Waals surface area contributed by atoms with Crippen LogP contribution in [0.4, 0.5) is 0 Å². The van der Waals surface area contributed by atoms with Gasteiger partial charge in [0.05, 0.1) is 5.69 Å². The van der Waals surface area contributed by atoms with Crippen molar-refractivity contribution in [2.75, 3.05) is 0 Å². The van der Waals surface area contributed by atoms with Gasteiger partial charge in [-0.05, 0) is 18.1 Å². The molecule has 4 rings (SSSR count). The topological polar surface area (TPSA) is 36.7 Å². The molecule has 0 spiro atoms. The minimum Gasteiger partial charge on any atom is -0.321 e. The van der Waals surface area contributed by atoms with E-state index in [1.807, 2.05) is 23.0 Å². The van der Waals surface area contributed by atoms with Crippen molar-refractivity contribution in [1.82, 2.24) is 4.98 Å². The van der Waals surface area contributed by atoms with Crippen molar-refractivity contribution in [3.63, 3.8) is 0 Å². The molecule has 0 aliphatic heterocycles. The van der Waals surface area contributed by atoms with Gasteiger partial charge in [-0.25, -0.2) is 4.57 Å². The SMILES string of the molecule is CC[n+]1ccc2c3c([nH]c(=O)c2c1)-c1ccccc1C3. The monoisotopic (exact) mass is 263 g/mol. The second kappa shape index (κ2) is 4.04. The van der Waals surface area contributed by atoms with Gasteiger partial charge in [-0.3, -0.25) is 4.79 Å². The van der Waals surface area contributed by atoms with Crippen LogP contribution in [-0.4, -0.2) is 4.98 Å². The van der Waals surface area contributed by atoms with Gasteiger partial charge in [0, 0.05) is 23.4 Å². The number of nitrogens with one attached hydrogen (secondary N) is 1. The maximum absolute atomic E-state index is 12.3. The lowest BCUT2D eigenvalue weighted by Crippen LogP contribution is -2.32. The molecule has 20 heavy (non-hydrogen) atoms. The van der Waals surface area contributed by atoms with Crippen LogP contribution in [0.15, 0.2) is 47.5 Å². The Morgan fingerprint density at radius 2 is 2.05 bits per heavy atom. The van der Waals surface area contributed by atoms with Crippen molar-refractivity contribution in [2.24, 2.45) is 0 Å². The first-order chi connectivity index (χ1) is 9.78. The highest BCUT2D eigenvalue weighted by Gasteiger charge is 2.23. The van der Waals surface area contributed by atoms with Gasteiger partial charge >= 0.3 is 0 Å². The minimum atomic E-state index is -0.00162. The molecule has 0 unspecified atom stereocenters. The van der Waals surface area contributed by atoms with Crippen LogP contribution in [0, 0.1) is 0 Å². The molecule has 3 aromatic rings. The second-order valence-corrected chi connectivity index (χ2v) is 5.24. The zero-order valence-corrected chi connectivity index (χ0v) is 11.3. The summed E-state index contributed by atoms with van der Waals surface area (Å²) in [7, 11) is 0. The normalized spacial score (nSPS) is 12.4. The summed E-state index contributed by atoms with van der Waals surface area (Å²) >= 11 is 0. The quantitative estimate of drug-likeness (QED) is 0.526. The molecule has 3 nitrogen and oxygen atoms in total. The van der Waals surface area contributed by atoms with E-state index in [-0.39, 0.29) is 5.56 Å². The van der Waals surface area contributed by atoms with E-state index in [9.17, 15) is 4.79 Å². The molecule has 0 radical (unpaired) electrons. The van der Waals surface area contributed by atoms with E-state index in [1.165, 1.54) is 11.1 Å². The number of aryl methyl sites for hydroxylation is 1. The summed E-state index contributed by atoms with van der Waals surface area (Å²) in [6.45, 7) is 2.94. The van der Waals surface area contributed by atoms with Crippen molar-refractivity contribution in [1.29, 1.82) is 0 Å². The predicted molar refractivity (Wildman–Crippen MR) is 78.7 cm³/mol. The van der Waals surface area contributed by atoms with E-state index in [1.54, 1.807) is 0 Å². The molecule has 0 saturated carbocycles. The zero-order valence-electron chi connectivity index (χ0n) is 11.3. The highest BCUT2D eigenvalue weighted by Crippen LogP contribution is 2.37. The summed E-state index contributed by atoms with van der Waals surface area (Å²) in [4.78, 5) is 15.4. The number of hydrogen-bond acceptors (Lipinski definition) is 1. The Morgan fingerprint density at radius 3 is 2.90 bits per heavy atom. The fourth-order valence-electron chi connectivity index (χ4n) is 3.09. The molecule has 0 fully saturated rings. The highest BCUT2D eigenvalue weighted by atomic mass is 16.1. The van der Waals surface area contributed by atoms with Gasteiger partial charge in [-0.15, -0.1) is 0 Å². The molecule has 1 aliphatic rings. The number of H-pyrrole nitrogens is 1. The lowest BCUT2D eigenvalue weighted by atomic mass is 10.1. The minimum absolute atomic E-state index is 0.00162.